The van der Waals surface area contributed by atoms with E-state index in [1.165, 1.54) is 12.8 Å². The maximum Gasteiger partial charge on any atom is 0.0103 e. The van der Waals surface area contributed by atoms with Crippen molar-refractivity contribution in [1.29, 1.82) is 0 Å². The van der Waals surface area contributed by atoms with E-state index in [-0.39, 0.29) is 0 Å². The molecule has 3 aliphatic carbocycles. The molecule has 0 aromatic carbocycles. The molecule has 14 heavy (non-hydrogen) atoms. The van der Waals surface area contributed by atoms with Crippen LogP contribution < -0.4 is 5.32 Å². The van der Waals surface area contributed by atoms with E-state index in [2.05, 4.69) is 19.2 Å². The van der Waals surface area contributed by atoms with Crippen molar-refractivity contribution in [2.24, 2.45) is 23.7 Å². The van der Waals surface area contributed by atoms with Gasteiger partial charge in [0.05, 0.1) is 0 Å². The minimum absolute atomic E-state index is 0.680. The molecule has 0 radical (unpaired) electrons. The van der Waals surface area contributed by atoms with Crippen molar-refractivity contribution < 1.29 is 0 Å². The summed E-state index contributed by atoms with van der Waals surface area (Å²) in [5, 5.41) is 3.79. The molecular formula is C13H23N. The maximum atomic E-state index is 3.79. The van der Waals surface area contributed by atoms with Gasteiger partial charge >= 0.3 is 0 Å². The lowest BCUT2D eigenvalue weighted by Gasteiger charge is -2.33. The average Bonchev–Trinajstić information content (AvgIpc) is 2.68. The number of fused-ring (bicyclic) bond motifs is 5. The third-order valence-corrected chi connectivity index (χ3v) is 4.98. The van der Waals surface area contributed by atoms with E-state index < -0.39 is 0 Å². The van der Waals surface area contributed by atoms with E-state index in [1.54, 1.807) is 19.3 Å². The quantitative estimate of drug-likeness (QED) is 0.711. The molecule has 3 rings (SSSR count). The highest BCUT2D eigenvalue weighted by Crippen LogP contribution is 2.58. The van der Waals surface area contributed by atoms with Gasteiger partial charge in [0.1, 0.15) is 0 Å². The third-order valence-electron chi connectivity index (χ3n) is 4.98. The molecule has 3 aliphatic rings. The van der Waals surface area contributed by atoms with E-state index in [0.717, 1.165) is 29.7 Å². The third kappa shape index (κ3) is 1.25. The summed E-state index contributed by atoms with van der Waals surface area (Å²) in [6.45, 7) is 4.58. The number of rotatable bonds is 2. The summed E-state index contributed by atoms with van der Waals surface area (Å²) in [6.07, 6.45) is 7.67. The molecule has 1 N–H and O–H groups in total. The molecule has 0 saturated heterocycles. The minimum Gasteiger partial charge on any atom is -0.311 e. The number of hydrogen-bond acceptors (Lipinski definition) is 1. The molecule has 0 spiro atoms. The lowest BCUT2D eigenvalue weighted by Crippen LogP contribution is -2.42. The summed E-state index contributed by atoms with van der Waals surface area (Å²) in [5.74, 6) is 4.41. The average molecular weight is 193 g/mol. The van der Waals surface area contributed by atoms with Crippen LogP contribution in [-0.4, -0.2) is 12.1 Å². The Balaban J connectivity index is 1.71. The second-order valence-electron chi connectivity index (χ2n) is 6.08. The fraction of sp³-hybridized carbons (Fsp3) is 1.00. The van der Waals surface area contributed by atoms with E-state index in [4.69, 9.17) is 0 Å². The van der Waals surface area contributed by atoms with Gasteiger partial charge in [-0.15, -0.1) is 0 Å². The number of nitrogens with one attached hydrogen (secondary N) is 1. The first-order valence-electron chi connectivity index (χ1n) is 6.51. The maximum absolute atomic E-state index is 3.79. The van der Waals surface area contributed by atoms with Crippen LogP contribution in [0.1, 0.15) is 46.0 Å². The van der Waals surface area contributed by atoms with Crippen LogP contribution in [0.2, 0.25) is 0 Å². The smallest absolute Gasteiger partial charge is 0.0103 e. The van der Waals surface area contributed by atoms with E-state index >= 15 is 0 Å². The molecule has 5 atom stereocenters. The molecule has 0 amide bonds. The van der Waals surface area contributed by atoms with Gasteiger partial charge in [-0.1, -0.05) is 20.3 Å². The highest BCUT2D eigenvalue weighted by molar-refractivity contribution is 5.05. The summed E-state index contributed by atoms with van der Waals surface area (Å²) in [7, 11) is 0. The molecule has 2 bridgehead atoms. The van der Waals surface area contributed by atoms with Crippen molar-refractivity contribution in [3.63, 3.8) is 0 Å². The zero-order valence-electron chi connectivity index (χ0n) is 9.50. The molecule has 0 aliphatic heterocycles. The van der Waals surface area contributed by atoms with E-state index in [9.17, 15) is 0 Å². The van der Waals surface area contributed by atoms with Crippen molar-refractivity contribution in [2.45, 2.75) is 58.0 Å². The first kappa shape index (κ1) is 9.21. The minimum atomic E-state index is 0.680. The van der Waals surface area contributed by atoms with Crippen molar-refractivity contribution >= 4 is 0 Å². The van der Waals surface area contributed by atoms with Crippen LogP contribution in [0.15, 0.2) is 0 Å². The van der Waals surface area contributed by atoms with Crippen molar-refractivity contribution in [3.8, 4) is 0 Å². The van der Waals surface area contributed by atoms with Crippen molar-refractivity contribution in [2.75, 3.05) is 0 Å². The molecular weight excluding hydrogens is 170 g/mol. The first-order chi connectivity index (χ1) is 6.75. The van der Waals surface area contributed by atoms with Crippen LogP contribution in [0.3, 0.4) is 0 Å². The Bertz CT molecular complexity index is 223. The highest BCUT2D eigenvalue weighted by Gasteiger charge is 2.53. The summed E-state index contributed by atoms with van der Waals surface area (Å²) >= 11 is 0. The van der Waals surface area contributed by atoms with Crippen molar-refractivity contribution in [3.05, 3.63) is 0 Å². The van der Waals surface area contributed by atoms with Crippen molar-refractivity contribution in [1.82, 2.24) is 5.32 Å². The standard InChI is InChI=1S/C13H23N/c1-8(2)14-13-7-9-6-12(13)11-5-3-4-10(9)11/h8-14H,3-7H2,1-2H3. The summed E-state index contributed by atoms with van der Waals surface area (Å²) in [5.41, 5.74) is 0. The van der Waals surface area contributed by atoms with Gasteiger partial charge in [0, 0.05) is 12.1 Å². The second kappa shape index (κ2) is 3.23. The van der Waals surface area contributed by atoms with Crippen LogP contribution in [0.5, 0.6) is 0 Å². The van der Waals surface area contributed by atoms with Crippen LogP contribution in [0, 0.1) is 23.7 Å². The number of hydrogen-bond donors (Lipinski definition) is 1. The summed E-state index contributed by atoms with van der Waals surface area (Å²) < 4.78 is 0. The van der Waals surface area contributed by atoms with E-state index in [1.807, 2.05) is 0 Å². The molecule has 0 aromatic rings. The second-order valence-corrected chi connectivity index (χ2v) is 6.08. The van der Waals surface area contributed by atoms with Gasteiger partial charge in [0.25, 0.3) is 0 Å². The Morgan fingerprint density at radius 1 is 1.00 bits per heavy atom. The van der Waals surface area contributed by atoms with Gasteiger partial charge in [-0.2, -0.15) is 0 Å². The first-order valence-corrected chi connectivity index (χ1v) is 6.51. The molecule has 80 valence electrons. The fourth-order valence-corrected chi connectivity index (χ4v) is 4.69. The van der Waals surface area contributed by atoms with E-state index in [0.29, 0.717) is 6.04 Å². The Morgan fingerprint density at radius 3 is 2.57 bits per heavy atom. The monoisotopic (exact) mass is 193 g/mol. The fourth-order valence-electron chi connectivity index (χ4n) is 4.69. The largest absolute Gasteiger partial charge is 0.311 e. The van der Waals surface area contributed by atoms with Crippen LogP contribution in [0.4, 0.5) is 0 Å². The van der Waals surface area contributed by atoms with Gasteiger partial charge in [-0.25, -0.2) is 0 Å². The SMILES string of the molecule is CC(C)NC1CC2CC1C1CCCC21. The Labute approximate surface area is 87.7 Å². The Kier molecular flexibility index (Phi) is 2.12. The van der Waals surface area contributed by atoms with Gasteiger partial charge in [0.15, 0.2) is 0 Å². The molecule has 0 heterocycles. The predicted molar refractivity (Wildman–Crippen MR) is 59.1 cm³/mol. The zero-order valence-corrected chi connectivity index (χ0v) is 9.50. The van der Waals surface area contributed by atoms with Gasteiger partial charge in [-0.05, 0) is 49.4 Å². The lowest BCUT2D eigenvalue weighted by molar-refractivity contribution is 0.202. The molecule has 3 saturated carbocycles. The molecule has 0 aromatic heterocycles. The lowest BCUT2D eigenvalue weighted by atomic mass is 9.79. The van der Waals surface area contributed by atoms with Crippen LogP contribution >= 0.6 is 0 Å². The summed E-state index contributed by atoms with van der Waals surface area (Å²) in [6, 6.07) is 1.55. The highest BCUT2D eigenvalue weighted by atomic mass is 15.0. The zero-order chi connectivity index (χ0) is 9.71. The summed E-state index contributed by atoms with van der Waals surface area (Å²) in [4.78, 5) is 0. The molecule has 1 nitrogen and oxygen atoms in total. The topological polar surface area (TPSA) is 12.0 Å². The van der Waals surface area contributed by atoms with Crippen LogP contribution in [-0.2, 0) is 0 Å². The van der Waals surface area contributed by atoms with Gasteiger partial charge in [-0.3, -0.25) is 0 Å². The predicted octanol–water partition coefficient (Wildman–Crippen LogP) is 2.81. The van der Waals surface area contributed by atoms with Crippen LogP contribution in [0.25, 0.3) is 0 Å². The Morgan fingerprint density at radius 2 is 1.79 bits per heavy atom. The molecule has 3 fully saturated rings. The van der Waals surface area contributed by atoms with Gasteiger partial charge < -0.3 is 5.32 Å². The molecule has 1 heteroatoms. The van der Waals surface area contributed by atoms with Gasteiger partial charge in [0.2, 0.25) is 0 Å². The molecule has 5 unspecified atom stereocenters. The normalized spacial score (nSPS) is 50.4. The Hall–Kier alpha value is -0.0400.